The molecule has 1 aliphatic carbocycles. The summed E-state index contributed by atoms with van der Waals surface area (Å²) in [6, 6.07) is 0. The molecule has 4 nitrogen and oxygen atoms in total. The first kappa shape index (κ1) is 13.0. The van der Waals surface area contributed by atoms with Crippen LogP contribution >= 0.6 is 0 Å². The second kappa shape index (κ2) is 5.89. The zero-order valence-electron chi connectivity index (χ0n) is 10.1. The summed E-state index contributed by atoms with van der Waals surface area (Å²) in [4.78, 5) is 4.28. The van der Waals surface area contributed by atoms with E-state index in [0.717, 1.165) is 19.3 Å². The van der Waals surface area contributed by atoms with Gasteiger partial charge in [0, 0.05) is 12.0 Å². The van der Waals surface area contributed by atoms with E-state index in [4.69, 9.17) is 5.73 Å². The van der Waals surface area contributed by atoms with Crippen LogP contribution < -0.4 is 11.1 Å². The van der Waals surface area contributed by atoms with Gasteiger partial charge in [-0.25, -0.2) is 0 Å². The Bertz CT molecular complexity index is 265. The van der Waals surface area contributed by atoms with Crippen molar-refractivity contribution in [2.45, 2.75) is 38.7 Å². The summed E-state index contributed by atoms with van der Waals surface area (Å²) in [6.07, 6.45) is 5.67. The average Bonchev–Trinajstić information content (AvgIpc) is 2.28. The molecule has 0 radical (unpaired) electrons. The van der Waals surface area contributed by atoms with Crippen molar-refractivity contribution in [3.8, 4) is 0 Å². The summed E-state index contributed by atoms with van der Waals surface area (Å²) in [5.41, 5.74) is 5.58. The molecule has 0 bridgehead atoms. The molecular formula is C12H23N3O. The van der Waals surface area contributed by atoms with Crippen LogP contribution in [-0.2, 0) is 0 Å². The molecule has 0 aromatic heterocycles. The standard InChI is InChI=1S/C12H23N3O/c1-3-8-14-11(13)15-9-12(2)7-5-4-6-10(12)16/h3,10,16H,1,4-9H2,2H3,(H3,13,14,15). The van der Waals surface area contributed by atoms with E-state index in [9.17, 15) is 5.11 Å². The molecule has 16 heavy (non-hydrogen) atoms. The number of aliphatic hydroxyl groups excluding tert-OH is 1. The van der Waals surface area contributed by atoms with Gasteiger partial charge in [-0.2, -0.15) is 0 Å². The Morgan fingerprint density at radius 3 is 3.06 bits per heavy atom. The molecule has 4 N–H and O–H groups in total. The fourth-order valence-electron chi connectivity index (χ4n) is 2.06. The van der Waals surface area contributed by atoms with Crippen molar-refractivity contribution < 1.29 is 5.11 Å². The van der Waals surface area contributed by atoms with E-state index >= 15 is 0 Å². The van der Waals surface area contributed by atoms with Gasteiger partial charge in [0.2, 0.25) is 0 Å². The molecule has 0 amide bonds. The third-order valence-electron chi connectivity index (χ3n) is 3.32. The second-order valence-corrected chi connectivity index (χ2v) is 4.79. The molecule has 1 saturated carbocycles. The number of nitrogens with one attached hydrogen (secondary N) is 1. The lowest BCUT2D eigenvalue weighted by Gasteiger charge is -2.37. The predicted octanol–water partition coefficient (Wildman–Crippen LogP) is 1.02. The van der Waals surface area contributed by atoms with Crippen molar-refractivity contribution in [2.24, 2.45) is 16.1 Å². The van der Waals surface area contributed by atoms with Crippen molar-refractivity contribution in [1.82, 2.24) is 5.32 Å². The fraction of sp³-hybridized carbons (Fsp3) is 0.750. The van der Waals surface area contributed by atoms with Crippen LogP contribution in [0.5, 0.6) is 0 Å². The SMILES string of the molecule is C=CCNC(N)=NCC1(C)CCCCC1O. The van der Waals surface area contributed by atoms with Crippen LogP contribution in [0.4, 0.5) is 0 Å². The van der Waals surface area contributed by atoms with E-state index < -0.39 is 0 Å². The lowest BCUT2D eigenvalue weighted by molar-refractivity contribution is 0.00720. The van der Waals surface area contributed by atoms with Gasteiger partial charge in [0.25, 0.3) is 0 Å². The first-order valence-electron chi connectivity index (χ1n) is 5.91. The molecule has 92 valence electrons. The van der Waals surface area contributed by atoms with E-state index in [-0.39, 0.29) is 11.5 Å². The molecule has 0 saturated heterocycles. The van der Waals surface area contributed by atoms with Gasteiger partial charge in [0.15, 0.2) is 5.96 Å². The number of rotatable bonds is 4. The highest BCUT2D eigenvalue weighted by Crippen LogP contribution is 2.36. The van der Waals surface area contributed by atoms with Crippen molar-refractivity contribution in [1.29, 1.82) is 0 Å². The van der Waals surface area contributed by atoms with Crippen LogP contribution in [0.2, 0.25) is 0 Å². The van der Waals surface area contributed by atoms with Crippen LogP contribution in [0.25, 0.3) is 0 Å². The molecule has 2 atom stereocenters. The van der Waals surface area contributed by atoms with Gasteiger partial charge >= 0.3 is 0 Å². The molecule has 0 heterocycles. The van der Waals surface area contributed by atoms with Crippen LogP contribution in [0, 0.1) is 5.41 Å². The van der Waals surface area contributed by atoms with Crippen molar-refractivity contribution >= 4 is 5.96 Å². The van der Waals surface area contributed by atoms with Gasteiger partial charge in [0.05, 0.1) is 12.6 Å². The van der Waals surface area contributed by atoms with E-state index in [1.807, 2.05) is 0 Å². The molecule has 1 aliphatic rings. The maximum absolute atomic E-state index is 9.97. The van der Waals surface area contributed by atoms with Crippen LogP contribution in [0.3, 0.4) is 0 Å². The van der Waals surface area contributed by atoms with Crippen LogP contribution in [-0.4, -0.2) is 30.3 Å². The number of nitrogens with two attached hydrogens (primary N) is 1. The first-order valence-corrected chi connectivity index (χ1v) is 5.91. The van der Waals surface area contributed by atoms with Gasteiger partial charge in [-0.05, 0) is 12.8 Å². The normalized spacial score (nSPS) is 31.1. The monoisotopic (exact) mass is 225 g/mol. The van der Waals surface area contributed by atoms with Crippen molar-refractivity contribution in [3.63, 3.8) is 0 Å². The lowest BCUT2D eigenvalue weighted by Crippen LogP contribution is -2.40. The Balaban J connectivity index is 2.47. The fourth-order valence-corrected chi connectivity index (χ4v) is 2.06. The average molecular weight is 225 g/mol. The maximum atomic E-state index is 9.97. The minimum atomic E-state index is -0.253. The smallest absolute Gasteiger partial charge is 0.188 e. The number of aliphatic hydroxyl groups is 1. The topological polar surface area (TPSA) is 70.6 Å². The lowest BCUT2D eigenvalue weighted by atomic mass is 9.73. The number of hydrogen-bond acceptors (Lipinski definition) is 2. The Kier molecular flexibility index (Phi) is 4.80. The third-order valence-corrected chi connectivity index (χ3v) is 3.32. The van der Waals surface area contributed by atoms with Crippen molar-refractivity contribution in [2.75, 3.05) is 13.1 Å². The first-order chi connectivity index (χ1) is 7.58. The predicted molar refractivity (Wildman–Crippen MR) is 67.3 cm³/mol. The summed E-state index contributed by atoms with van der Waals surface area (Å²) in [7, 11) is 0. The van der Waals surface area contributed by atoms with E-state index in [0.29, 0.717) is 19.0 Å². The van der Waals surface area contributed by atoms with Gasteiger partial charge in [-0.3, -0.25) is 4.99 Å². The number of hydrogen-bond donors (Lipinski definition) is 3. The summed E-state index contributed by atoms with van der Waals surface area (Å²) < 4.78 is 0. The molecule has 0 aliphatic heterocycles. The number of aliphatic imine (C=N–C) groups is 1. The minimum absolute atomic E-state index is 0.112. The van der Waals surface area contributed by atoms with Crippen LogP contribution in [0.1, 0.15) is 32.6 Å². The molecule has 0 spiro atoms. The Hall–Kier alpha value is -1.03. The van der Waals surface area contributed by atoms with E-state index in [2.05, 4.69) is 23.8 Å². The molecule has 4 heteroatoms. The summed E-state index contributed by atoms with van der Waals surface area (Å²) in [5.74, 6) is 0.430. The molecule has 0 aromatic carbocycles. The van der Waals surface area contributed by atoms with Crippen molar-refractivity contribution in [3.05, 3.63) is 12.7 Å². The van der Waals surface area contributed by atoms with E-state index in [1.54, 1.807) is 6.08 Å². The molecule has 2 unspecified atom stereocenters. The highest BCUT2D eigenvalue weighted by Gasteiger charge is 2.35. The molecule has 1 fully saturated rings. The Labute approximate surface area is 97.6 Å². The highest BCUT2D eigenvalue weighted by molar-refractivity contribution is 5.77. The minimum Gasteiger partial charge on any atom is -0.392 e. The summed E-state index contributed by atoms with van der Waals surface area (Å²) in [6.45, 7) is 6.89. The maximum Gasteiger partial charge on any atom is 0.188 e. The quantitative estimate of drug-likeness (QED) is 0.380. The van der Waals surface area contributed by atoms with Gasteiger partial charge in [0.1, 0.15) is 0 Å². The largest absolute Gasteiger partial charge is 0.392 e. The van der Waals surface area contributed by atoms with E-state index in [1.165, 1.54) is 6.42 Å². The van der Waals surface area contributed by atoms with Crippen LogP contribution in [0.15, 0.2) is 17.6 Å². The molecule has 1 rings (SSSR count). The Morgan fingerprint density at radius 1 is 1.69 bits per heavy atom. The zero-order valence-corrected chi connectivity index (χ0v) is 10.1. The summed E-state index contributed by atoms with van der Waals surface area (Å²) >= 11 is 0. The van der Waals surface area contributed by atoms with Gasteiger partial charge < -0.3 is 16.2 Å². The Morgan fingerprint density at radius 2 is 2.44 bits per heavy atom. The van der Waals surface area contributed by atoms with Gasteiger partial charge in [-0.1, -0.05) is 25.8 Å². The zero-order chi connectivity index (χ0) is 12.0. The second-order valence-electron chi connectivity index (χ2n) is 4.79. The molecule has 0 aromatic rings. The number of guanidine groups is 1. The summed E-state index contributed by atoms with van der Waals surface area (Å²) in [5, 5.41) is 12.9. The third kappa shape index (κ3) is 3.52. The molecular weight excluding hydrogens is 202 g/mol. The number of nitrogens with zero attached hydrogens (tertiary/aromatic N) is 1. The highest BCUT2D eigenvalue weighted by atomic mass is 16.3. The van der Waals surface area contributed by atoms with Gasteiger partial charge in [-0.15, -0.1) is 6.58 Å².